The minimum Gasteiger partial charge on any atom is -0.333 e. The highest BCUT2D eigenvalue weighted by atomic mass is 15.2. The number of aryl methyl sites for hydroxylation is 1. The highest BCUT2D eigenvalue weighted by Gasteiger charge is 2.37. The van der Waals surface area contributed by atoms with Crippen LogP contribution in [0.15, 0.2) is 134 Å². The summed E-state index contributed by atoms with van der Waals surface area (Å²) in [7, 11) is 0. The van der Waals surface area contributed by atoms with Crippen molar-refractivity contribution >= 4 is 33.2 Å². The summed E-state index contributed by atoms with van der Waals surface area (Å²) >= 11 is 0. The molecule has 2 aliphatic rings. The first-order valence-corrected chi connectivity index (χ1v) is 13.6. The van der Waals surface area contributed by atoms with Gasteiger partial charge in [0, 0.05) is 51.7 Å². The van der Waals surface area contributed by atoms with Gasteiger partial charge in [0.2, 0.25) is 0 Å². The third-order valence-electron chi connectivity index (χ3n) is 8.19. The second-order valence-electron chi connectivity index (χ2n) is 10.6. The zero-order chi connectivity index (χ0) is 25.9. The molecule has 1 aliphatic carbocycles. The van der Waals surface area contributed by atoms with Crippen molar-refractivity contribution in [2.75, 3.05) is 4.90 Å². The summed E-state index contributed by atoms with van der Waals surface area (Å²) in [5.41, 5.74) is 10.9. The van der Waals surface area contributed by atoms with Gasteiger partial charge in [-0.1, -0.05) is 78.9 Å². The van der Waals surface area contributed by atoms with Gasteiger partial charge in [0.15, 0.2) is 0 Å². The van der Waals surface area contributed by atoms with E-state index < -0.39 is 0 Å². The lowest BCUT2D eigenvalue weighted by atomic mass is 9.91. The Morgan fingerprint density at radius 2 is 1.33 bits per heavy atom. The maximum absolute atomic E-state index is 4.54. The fourth-order valence-electron chi connectivity index (χ4n) is 6.53. The van der Waals surface area contributed by atoms with Crippen LogP contribution in [0.1, 0.15) is 17.0 Å². The highest BCUT2D eigenvalue weighted by Crippen LogP contribution is 2.48. The summed E-state index contributed by atoms with van der Waals surface area (Å²) in [6.45, 7) is 2.11. The first-order valence-electron chi connectivity index (χ1n) is 13.6. The largest absolute Gasteiger partial charge is 0.333 e. The lowest BCUT2D eigenvalue weighted by Crippen LogP contribution is -2.28. The SMILES string of the molecule is Cc1cncc(-c2cc(N3c4ccccc4C4C=CC=CC43)cc(-n3c4ccccc4c4ccccc43)c2)c1. The molecule has 2 unspecified atom stereocenters. The van der Waals surface area contributed by atoms with Crippen LogP contribution >= 0.6 is 0 Å². The van der Waals surface area contributed by atoms with Gasteiger partial charge in [-0.3, -0.25) is 4.98 Å². The van der Waals surface area contributed by atoms with E-state index in [1.54, 1.807) is 0 Å². The molecule has 3 nitrogen and oxygen atoms in total. The molecule has 8 rings (SSSR count). The predicted octanol–water partition coefficient (Wildman–Crippen LogP) is 8.88. The Kier molecular flexibility index (Phi) is 4.86. The van der Waals surface area contributed by atoms with Crippen LogP contribution in [0.2, 0.25) is 0 Å². The van der Waals surface area contributed by atoms with E-state index in [9.17, 15) is 0 Å². The topological polar surface area (TPSA) is 21.1 Å². The maximum atomic E-state index is 4.54. The molecule has 0 radical (unpaired) electrons. The Bertz CT molecular complexity index is 1900. The number of benzene rings is 4. The van der Waals surface area contributed by atoms with E-state index in [0.717, 1.165) is 22.4 Å². The summed E-state index contributed by atoms with van der Waals surface area (Å²) < 4.78 is 2.41. The summed E-state index contributed by atoms with van der Waals surface area (Å²) in [4.78, 5) is 7.06. The minimum absolute atomic E-state index is 0.240. The molecule has 6 aromatic rings. The zero-order valence-corrected chi connectivity index (χ0v) is 21.7. The van der Waals surface area contributed by atoms with E-state index in [-0.39, 0.29) is 6.04 Å². The van der Waals surface area contributed by atoms with Gasteiger partial charge >= 0.3 is 0 Å². The molecule has 0 N–H and O–H groups in total. The van der Waals surface area contributed by atoms with Crippen molar-refractivity contribution in [3.63, 3.8) is 0 Å². The van der Waals surface area contributed by atoms with Crippen molar-refractivity contribution in [2.45, 2.75) is 18.9 Å². The van der Waals surface area contributed by atoms with Gasteiger partial charge in [-0.05, 0) is 66.1 Å². The zero-order valence-electron chi connectivity index (χ0n) is 21.7. The fourth-order valence-corrected chi connectivity index (χ4v) is 6.53. The molecule has 2 aromatic heterocycles. The lowest BCUT2D eigenvalue weighted by molar-refractivity contribution is 0.744. The van der Waals surface area contributed by atoms with Gasteiger partial charge in [0.1, 0.15) is 0 Å². The molecule has 0 saturated carbocycles. The molecule has 0 bridgehead atoms. The van der Waals surface area contributed by atoms with Crippen LogP contribution in [0.4, 0.5) is 11.4 Å². The van der Waals surface area contributed by atoms with Crippen molar-refractivity contribution in [2.24, 2.45) is 0 Å². The highest BCUT2D eigenvalue weighted by molar-refractivity contribution is 6.09. The van der Waals surface area contributed by atoms with Crippen molar-refractivity contribution in [1.29, 1.82) is 0 Å². The average molecular weight is 502 g/mol. The Hall–Kier alpha value is -4.89. The van der Waals surface area contributed by atoms with Gasteiger partial charge < -0.3 is 9.47 Å². The first kappa shape index (κ1) is 22.1. The van der Waals surface area contributed by atoms with Crippen molar-refractivity contribution in [1.82, 2.24) is 9.55 Å². The van der Waals surface area contributed by atoms with Gasteiger partial charge in [0.05, 0.1) is 17.1 Å². The van der Waals surface area contributed by atoms with Crippen molar-refractivity contribution < 1.29 is 0 Å². The molecule has 0 fully saturated rings. The summed E-state index contributed by atoms with van der Waals surface area (Å²) in [6.07, 6.45) is 12.9. The quantitative estimate of drug-likeness (QED) is 0.241. The third kappa shape index (κ3) is 3.40. The second-order valence-corrected chi connectivity index (χ2v) is 10.6. The molecular formula is C36H27N3. The third-order valence-corrected chi connectivity index (χ3v) is 8.19. The molecule has 0 saturated heterocycles. The second kappa shape index (κ2) is 8.57. The van der Waals surface area contributed by atoms with E-state index in [4.69, 9.17) is 0 Å². The minimum atomic E-state index is 0.240. The average Bonchev–Trinajstić information content (AvgIpc) is 3.50. The normalized spacial score (nSPS) is 17.6. The smallest absolute Gasteiger partial charge is 0.0629 e. The number of pyridine rings is 1. The van der Waals surface area contributed by atoms with Crippen molar-refractivity contribution in [3.05, 3.63) is 145 Å². The van der Waals surface area contributed by atoms with Crippen LogP contribution in [0.5, 0.6) is 0 Å². The predicted molar refractivity (Wildman–Crippen MR) is 162 cm³/mol. The summed E-state index contributed by atoms with van der Waals surface area (Å²) in [5, 5.41) is 2.54. The Morgan fingerprint density at radius 3 is 2.13 bits per heavy atom. The number of fused-ring (bicyclic) bond motifs is 6. The number of anilines is 2. The number of aromatic nitrogens is 2. The van der Waals surface area contributed by atoms with Gasteiger partial charge in [-0.15, -0.1) is 0 Å². The number of para-hydroxylation sites is 3. The number of allylic oxidation sites excluding steroid dienone is 2. The Balaban J connectivity index is 1.43. The molecule has 3 heterocycles. The molecule has 1 aliphatic heterocycles. The Morgan fingerprint density at radius 1 is 0.641 bits per heavy atom. The molecule has 4 aromatic carbocycles. The van der Waals surface area contributed by atoms with E-state index in [0.29, 0.717) is 5.92 Å². The number of nitrogens with zero attached hydrogens (tertiary/aromatic N) is 3. The van der Waals surface area contributed by atoms with E-state index in [1.807, 2.05) is 12.4 Å². The van der Waals surface area contributed by atoms with E-state index in [2.05, 4.69) is 143 Å². The van der Waals surface area contributed by atoms with Crippen LogP contribution < -0.4 is 4.90 Å². The molecule has 39 heavy (non-hydrogen) atoms. The number of hydrogen-bond acceptors (Lipinski definition) is 2. The van der Waals surface area contributed by atoms with Crippen LogP contribution in [0.25, 0.3) is 38.6 Å². The van der Waals surface area contributed by atoms with Crippen LogP contribution in [0.3, 0.4) is 0 Å². The molecular weight excluding hydrogens is 474 g/mol. The lowest BCUT2D eigenvalue weighted by Gasteiger charge is -2.29. The van der Waals surface area contributed by atoms with Gasteiger partial charge in [-0.2, -0.15) is 0 Å². The fraction of sp³-hybridized carbons (Fsp3) is 0.0833. The molecule has 0 spiro atoms. The summed E-state index contributed by atoms with van der Waals surface area (Å²) in [6, 6.07) is 35.7. The molecule has 186 valence electrons. The maximum Gasteiger partial charge on any atom is 0.0629 e. The monoisotopic (exact) mass is 501 g/mol. The standard InChI is InChI=1S/C36H27N3/c1-24-18-26(23-37-22-24)25-19-27(38-33-14-6-2-10-29(33)30-11-3-7-15-34(30)38)21-28(20-25)39-35-16-8-4-12-31(35)32-13-5-9-17-36(32)39/h2-23,29,33H,1H3. The molecule has 2 atom stereocenters. The first-order chi connectivity index (χ1) is 19.3. The van der Waals surface area contributed by atoms with Crippen molar-refractivity contribution in [3.8, 4) is 16.8 Å². The van der Waals surface area contributed by atoms with Crippen LogP contribution in [-0.2, 0) is 0 Å². The van der Waals surface area contributed by atoms with Crippen LogP contribution in [0, 0.1) is 6.92 Å². The van der Waals surface area contributed by atoms with Gasteiger partial charge in [0.25, 0.3) is 0 Å². The Labute approximate surface area is 228 Å². The number of rotatable bonds is 3. The molecule has 3 heteroatoms. The molecule has 0 amide bonds. The van der Waals surface area contributed by atoms with Gasteiger partial charge in [-0.25, -0.2) is 0 Å². The number of hydrogen-bond donors (Lipinski definition) is 0. The summed E-state index contributed by atoms with van der Waals surface area (Å²) in [5.74, 6) is 0.340. The van der Waals surface area contributed by atoms with E-state index in [1.165, 1.54) is 38.7 Å². The van der Waals surface area contributed by atoms with Crippen LogP contribution in [-0.4, -0.2) is 15.6 Å². The van der Waals surface area contributed by atoms with E-state index >= 15 is 0 Å².